The van der Waals surface area contributed by atoms with E-state index in [4.69, 9.17) is 11.6 Å². The fourth-order valence-electron chi connectivity index (χ4n) is 2.56. The minimum absolute atomic E-state index is 0. The number of nitrogens with zero attached hydrogens (tertiary/aromatic N) is 1. The average molecular weight is 370 g/mol. The first kappa shape index (κ1) is 18.3. The molecule has 2 aromatic carbocycles. The lowest BCUT2D eigenvalue weighted by atomic mass is 9.96. The van der Waals surface area contributed by atoms with E-state index in [0.29, 0.717) is 0 Å². The number of halogens is 3. The Morgan fingerprint density at radius 2 is 1.87 bits per heavy atom. The summed E-state index contributed by atoms with van der Waals surface area (Å²) in [6.07, 6.45) is 3.17. The highest BCUT2D eigenvalue weighted by Gasteiger charge is 2.21. The molecule has 0 bridgehead atoms. The molecule has 2 aromatic rings. The van der Waals surface area contributed by atoms with E-state index >= 15 is 0 Å². The van der Waals surface area contributed by atoms with Crippen LogP contribution in [0.2, 0.25) is 5.02 Å². The van der Waals surface area contributed by atoms with E-state index in [-0.39, 0.29) is 18.2 Å². The molecular formula is C18H18Cl2FNS. The second kappa shape index (κ2) is 7.71. The van der Waals surface area contributed by atoms with E-state index < -0.39 is 0 Å². The van der Waals surface area contributed by atoms with Crippen LogP contribution in [0.25, 0.3) is 5.57 Å². The molecule has 0 aromatic heterocycles. The molecule has 1 nitrogen and oxygen atoms in total. The molecule has 0 amide bonds. The number of hydrogen-bond acceptors (Lipinski definition) is 2. The Hall–Kier alpha value is -1.000. The van der Waals surface area contributed by atoms with Gasteiger partial charge in [0.25, 0.3) is 0 Å². The van der Waals surface area contributed by atoms with Gasteiger partial charge < -0.3 is 4.90 Å². The standard InChI is InChI=1S/C18H17ClFNS.ClH/c1-21(2)9-3-4-14-15-7-6-13(20)11-18(15)22-17-8-5-12(19)10-16(14)17;/h4-8,10-11H,3,9H2,1-2H3;1H/b14-4-;. The second-order valence-electron chi connectivity index (χ2n) is 5.59. The lowest BCUT2D eigenvalue weighted by molar-refractivity contribution is 0.417. The molecule has 0 saturated heterocycles. The molecule has 1 aliphatic heterocycles. The van der Waals surface area contributed by atoms with Crippen molar-refractivity contribution < 1.29 is 4.39 Å². The minimum atomic E-state index is -0.198. The average Bonchev–Trinajstić information content (AvgIpc) is 2.46. The molecule has 5 heteroatoms. The van der Waals surface area contributed by atoms with Crippen LogP contribution in [-0.2, 0) is 0 Å². The van der Waals surface area contributed by atoms with Gasteiger partial charge in [-0.15, -0.1) is 12.4 Å². The van der Waals surface area contributed by atoms with Crippen LogP contribution in [0.15, 0.2) is 52.3 Å². The van der Waals surface area contributed by atoms with Gasteiger partial charge in [-0.25, -0.2) is 4.39 Å². The zero-order valence-corrected chi connectivity index (χ0v) is 15.4. The zero-order valence-electron chi connectivity index (χ0n) is 13.0. The number of rotatable bonds is 3. The smallest absolute Gasteiger partial charge is 0.124 e. The summed E-state index contributed by atoms with van der Waals surface area (Å²) in [6.45, 7) is 0.975. The summed E-state index contributed by atoms with van der Waals surface area (Å²) < 4.78 is 13.6. The Morgan fingerprint density at radius 1 is 1.09 bits per heavy atom. The second-order valence-corrected chi connectivity index (χ2v) is 7.11. The summed E-state index contributed by atoms with van der Waals surface area (Å²) in [4.78, 5) is 4.24. The maximum absolute atomic E-state index is 13.6. The van der Waals surface area contributed by atoms with E-state index in [1.807, 2.05) is 24.3 Å². The molecule has 1 heterocycles. The first-order valence-corrected chi connectivity index (χ1v) is 8.36. The Morgan fingerprint density at radius 3 is 2.61 bits per heavy atom. The lowest BCUT2D eigenvalue weighted by Crippen LogP contribution is -2.12. The van der Waals surface area contributed by atoms with Gasteiger partial charge in [0.05, 0.1) is 0 Å². The van der Waals surface area contributed by atoms with E-state index in [2.05, 4.69) is 25.1 Å². The summed E-state index contributed by atoms with van der Waals surface area (Å²) >= 11 is 7.77. The van der Waals surface area contributed by atoms with Crippen LogP contribution in [0.3, 0.4) is 0 Å². The first-order valence-electron chi connectivity index (χ1n) is 7.17. The van der Waals surface area contributed by atoms with Crippen LogP contribution < -0.4 is 0 Å². The monoisotopic (exact) mass is 369 g/mol. The van der Waals surface area contributed by atoms with Crippen LogP contribution >= 0.6 is 35.8 Å². The Balaban J connectivity index is 0.00000192. The molecule has 0 aliphatic carbocycles. The van der Waals surface area contributed by atoms with E-state index in [1.54, 1.807) is 17.8 Å². The Kier molecular flexibility index (Phi) is 6.15. The predicted molar refractivity (Wildman–Crippen MR) is 99.5 cm³/mol. The van der Waals surface area contributed by atoms with Crippen molar-refractivity contribution in [1.82, 2.24) is 4.90 Å². The van der Waals surface area contributed by atoms with Crippen molar-refractivity contribution in [3.63, 3.8) is 0 Å². The van der Waals surface area contributed by atoms with Crippen molar-refractivity contribution in [1.29, 1.82) is 0 Å². The normalized spacial score (nSPS) is 14.4. The van der Waals surface area contributed by atoms with E-state index in [9.17, 15) is 4.39 Å². The highest BCUT2D eigenvalue weighted by atomic mass is 35.5. The molecule has 0 fully saturated rings. The van der Waals surface area contributed by atoms with Gasteiger partial charge >= 0.3 is 0 Å². The molecule has 0 unspecified atom stereocenters. The topological polar surface area (TPSA) is 3.24 Å². The molecule has 0 N–H and O–H groups in total. The maximum Gasteiger partial charge on any atom is 0.124 e. The van der Waals surface area contributed by atoms with E-state index in [0.717, 1.165) is 44.5 Å². The van der Waals surface area contributed by atoms with E-state index in [1.165, 1.54) is 6.07 Å². The van der Waals surface area contributed by atoms with Gasteiger partial charge in [-0.2, -0.15) is 0 Å². The third kappa shape index (κ3) is 4.10. The van der Waals surface area contributed by atoms with Gasteiger partial charge in [0, 0.05) is 21.4 Å². The van der Waals surface area contributed by atoms with Gasteiger partial charge in [0.1, 0.15) is 5.82 Å². The molecule has 0 spiro atoms. The number of fused-ring (bicyclic) bond motifs is 2. The molecule has 122 valence electrons. The SMILES string of the molecule is CN(C)CC/C=C1/c2ccc(F)cc2Sc2ccc(Cl)cc21.Cl. The zero-order chi connectivity index (χ0) is 15.7. The summed E-state index contributed by atoms with van der Waals surface area (Å²) in [6, 6.07) is 10.9. The predicted octanol–water partition coefficient (Wildman–Crippen LogP) is 5.75. The van der Waals surface area contributed by atoms with Gasteiger partial charge in [0.2, 0.25) is 0 Å². The largest absolute Gasteiger partial charge is 0.309 e. The molecular weight excluding hydrogens is 352 g/mol. The molecule has 0 atom stereocenters. The highest BCUT2D eigenvalue weighted by molar-refractivity contribution is 7.99. The van der Waals surface area contributed by atoms with Gasteiger partial charge in [-0.05, 0) is 67.5 Å². The fourth-order valence-corrected chi connectivity index (χ4v) is 3.84. The van der Waals surface area contributed by atoms with Crippen molar-refractivity contribution in [3.05, 3.63) is 64.4 Å². The van der Waals surface area contributed by atoms with Crippen LogP contribution in [0.5, 0.6) is 0 Å². The summed E-state index contributed by atoms with van der Waals surface area (Å²) in [5.41, 5.74) is 3.36. The minimum Gasteiger partial charge on any atom is -0.309 e. The summed E-state index contributed by atoms with van der Waals surface area (Å²) in [7, 11) is 4.12. The van der Waals surface area contributed by atoms with Crippen LogP contribution in [0.1, 0.15) is 17.5 Å². The molecule has 0 radical (unpaired) electrons. The molecule has 0 saturated carbocycles. The van der Waals surface area contributed by atoms with Crippen molar-refractivity contribution in [2.45, 2.75) is 16.2 Å². The van der Waals surface area contributed by atoms with Gasteiger partial charge in [-0.1, -0.05) is 35.5 Å². The van der Waals surface area contributed by atoms with Crippen molar-refractivity contribution in [2.75, 3.05) is 20.6 Å². The quantitative estimate of drug-likeness (QED) is 0.578. The Labute approximate surface area is 151 Å². The Bertz CT molecular complexity index is 744. The number of benzene rings is 2. The molecule has 1 aliphatic rings. The molecule has 23 heavy (non-hydrogen) atoms. The lowest BCUT2D eigenvalue weighted by Gasteiger charge is -2.22. The van der Waals surface area contributed by atoms with Gasteiger partial charge in [0.15, 0.2) is 0 Å². The van der Waals surface area contributed by atoms with Crippen molar-refractivity contribution in [2.24, 2.45) is 0 Å². The van der Waals surface area contributed by atoms with Crippen molar-refractivity contribution >= 4 is 41.3 Å². The van der Waals surface area contributed by atoms with Crippen LogP contribution in [0, 0.1) is 5.82 Å². The van der Waals surface area contributed by atoms with Gasteiger partial charge in [-0.3, -0.25) is 0 Å². The van der Waals surface area contributed by atoms with Crippen LogP contribution in [-0.4, -0.2) is 25.5 Å². The highest BCUT2D eigenvalue weighted by Crippen LogP contribution is 2.46. The maximum atomic E-state index is 13.6. The summed E-state index contributed by atoms with van der Waals surface area (Å²) in [5, 5.41) is 0.725. The first-order chi connectivity index (χ1) is 10.5. The third-order valence-corrected chi connectivity index (χ3v) is 4.98. The third-order valence-electron chi connectivity index (χ3n) is 3.61. The van der Waals surface area contributed by atoms with Crippen molar-refractivity contribution in [3.8, 4) is 0 Å². The number of hydrogen-bond donors (Lipinski definition) is 0. The summed E-state index contributed by atoms with van der Waals surface area (Å²) in [5.74, 6) is -0.198. The van der Waals surface area contributed by atoms with Crippen LogP contribution in [0.4, 0.5) is 4.39 Å². The fraction of sp³-hybridized carbons (Fsp3) is 0.222. The molecule has 3 rings (SSSR count).